The summed E-state index contributed by atoms with van der Waals surface area (Å²) in [5.41, 5.74) is 0.719. The van der Waals surface area contributed by atoms with Crippen molar-refractivity contribution in [3.63, 3.8) is 0 Å². The first kappa shape index (κ1) is 14.6. The van der Waals surface area contributed by atoms with Gasteiger partial charge in [-0.3, -0.25) is 0 Å². The van der Waals surface area contributed by atoms with Crippen LogP contribution in [0.4, 0.5) is 0 Å². The summed E-state index contributed by atoms with van der Waals surface area (Å²) in [6.45, 7) is 2.65. The average molecular weight is 289 g/mol. The molecule has 0 aromatic heterocycles. The Labute approximate surface area is 132 Å². The van der Waals surface area contributed by atoms with E-state index >= 15 is 0 Å². The van der Waals surface area contributed by atoms with Crippen LogP contribution >= 0.6 is 0 Å². The standard InChI is InChI=1S/C21H36/c1-21(13-7-2-8-14-21)15-20-18-11-5-3-9-16(18)17-10-4-6-12-19(17)20/h16-20H,2-15H2,1H3. The Hall–Kier alpha value is 0. The summed E-state index contributed by atoms with van der Waals surface area (Å²) in [7, 11) is 0. The van der Waals surface area contributed by atoms with Gasteiger partial charge < -0.3 is 0 Å². The highest BCUT2D eigenvalue weighted by atomic mass is 14.6. The third-order valence-corrected chi connectivity index (χ3v) is 8.19. The molecule has 4 saturated carbocycles. The molecule has 4 rings (SSSR count). The summed E-state index contributed by atoms with van der Waals surface area (Å²) in [6, 6.07) is 0. The summed E-state index contributed by atoms with van der Waals surface area (Å²) in [5.74, 6) is 5.72. The molecule has 4 atom stereocenters. The van der Waals surface area contributed by atoms with Crippen molar-refractivity contribution in [3.8, 4) is 0 Å². The highest BCUT2D eigenvalue weighted by Gasteiger charge is 2.52. The topological polar surface area (TPSA) is 0 Å². The summed E-state index contributed by atoms with van der Waals surface area (Å²) in [5, 5.41) is 0. The third kappa shape index (κ3) is 2.70. The molecule has 0 aromatic carbocycles. The van der Waals surface area contributed by atoms with Gasteiger partial charge in [0.25, 0.3) is 0 Å². The summed E-state index contributed by atoms with van der Waals surface area (Å²) < 4.78 is 0. The lowest BCUT2D eigenvalue weighted by atomic mass is 9.65. The molecule has 21 heavy (non-hydrogen) atoms. The van der Waals surface area contributed by atoms with Crippen LogP contribution in [0.15, 0.2) is 0 Å². The molecule has 0 saturated heterocycles. The summed E-state index contributed by atoms with van der Waals surface area (Å²) >= 11 is 0. The molecule has 0 amide bonds. The lowest BCUT2D eigenvalue weighted by molar-refractivity contribution is 0.104. The molecule has 4 fully saturated rings. The Morgan fingerprint density at radius 3 is 1.62 bits per heavy atom. The van der Waals surface area contributed by atoms with Crippen LogP contribution in [0.25, 0.3) is 0 Å². The Balaban J connectivity index is 1.54. The number of hydrogen-bond acceptors (Lipinski definition) is 0. The zero-order chi connectivity index (χ0) is 14.3. The van der Waals surface area contributed by atoms with Gasteiger partial charge in [-0.1, -0.05) is 51.9 Å². The fourth-order valence-corrected chi connectivity index (χ4v) is 7.30. The Bertz CT molecular complexity index is 329. The van der Waals surface area contributed by atoms with Crippen LogP contribution in [0.2, 0.25) is 0 Å². The number of hydrogen-bond donors (Lipinski definition) is 0. The van der Waals surface area contributed by atoms with Crippen molar-refractivity contribution >= 4 is 0 Å². The molecule has 120 valence electrons. The molecule has 4 unspecified atom stereocenters. The zero-order valence-corrected chi connectivity index (χ0v) is 14.3. The van der Waals surface area contributed by atoms with Gasteiger partial charge in [0.1, 0.15) is 0 Å². The van der Waals surface area contributed by atoms with Crippen LogP contribution in [-0.4, -0.2) is 0 Å². The van der Waals surface area contributed by atoms with Crippen LogP contribution in [0, 0.1) is 35.0 Å². The molecule has 0 bridgehead atoms. The smallest absolute Gasteiger partial charge is 0.0323 e. The van der Waals surface area contributed by atoms with Crippen molar-refractivity contribution in [3.05, 3.63) is 0 Å². The first-order chi connectivity index (χ1) is 10.3. The predicted octanol–water partition coefficient (Wildman–Crippen LogP) is 6.59. The van der Waals surface area contributed by atoms with Crippen LogP contribution < -0.4 is 0 Å². The Morgan fingerprint density at radius 1 is 0.619 bits per heavy atom. The monoisotopic (exact) mass is 288 g/mol. The van der Waals surface area contributed by atoms with Gasteiger partial charge in [-0.15, -0.1) is 0 Å². The van der Waals surface area contributed by atoms with E-state index < -0.39 is 0 Å². The molecule has 4 aliphatic carbocycles. The van der Waals surface area contributed by atoms with E-state index in [0.29, 0.717) is 0 Å². The fourth-order valence-electron chi connectivity index (χ4n) is 7.30. The highest BCUT2D eigenvalue weighted by molar-refractivity contribution is 5.01. The van der Waals surface area contributed by atoms with Crippen molar-refractivity contribution in [1.82, 2.24) is 0 Å². The second kappa shape index (κ2) is 5.89. The van der Waals surface area contributed by atoms with Crippen molar-refractivity contribution in [2.75, 3.05) is 0 Å². The van der Waals surface area contributed by atoms with Crippen LogP contribution in [-0.2, 0) is 0 Å². The minimum absolute atomic E-state index is 0.719. The van der Waals surface area contributed by atoms with Gasteiger partial charge in [0.15, 0.2) is 0 Å². The average Bonchev–Trinajstić information content (AvgIpc) is 2.83. The summed E-state index contributed by atoms with van der Waals surface area (Å²) in [6.07, 6.45) is 21.8. The van der Waals surface area contributed by atoms with Crippen LogP contribution in [0.1, 0.15) is 96.8 Å². The lowest BCUT2D eigenvalue weighted by Crippen LogP contribution is -2.30. The van der Waals surface area contributed by atoms with E-state index in [0.717, 1.165) is 35.0 Å². The van der Waals surface area contributed by atoms with Crippen molar-refractivity contribution in [1.29, 1.82) is 0 Å². The van der Waals surface area contributed by atoms with Gasteiger partial charge in [0, 0.05) is 0 Å². The Kier molecular flexibility index (Phi) is 4.09. The van der Waals surface area contributed by atoms with Gasteiger partial charge in [-0.25, -0.2) is 0 Å². The molecule has 0 aromatic rings. The SMILES string of the molecule is CC1(CC2C3CCCCC3C3CCCCC32)CCCCC1. The third-order valence-electron chi connectivity index (χ3n) is 8.19. The minimum Gasteiger partial charge on any atom is -0.0596 e. The van der Waals surface area contributed by atoms with E-state index in [4.69, 9.17) is 0 Å². The molecule has 0 spiro atoms. The quantitative estimate of drug-likeness (QED) is 0.537. The van der Waals surface area contributed by atoms with E-state index in [1.165, 1.54) is 32.1 Å². The zero-order valence-electron chi connectivity index (χ0n) is 14.3. The lowest BCUT2D eigenvalue weighted by Gasteiger charge is -2.40. The number of rotatable bonds is 2. The van der Waals surface area contributed by atoms with Gasteiger partial charge in [-0.2, -0.15) is 0 Å². The largest absolute Gasteiger partial charge is 0.0596 e. The van der Waals surface area contributed by atoms with E-state index in [2.05, 4.69) is 6.92 Å². The van der Waals surface area contributed by atoms with E-state index in [9.17, 15) is 0 Å². The van der Waals surface area contributed by atoms with Crippen molar-refractivity contribution < 1.29 is 0 Å². The molecular weight excluding hydrogens is 252 g/mol. The first-order valence-corrected chi connectivity index (χ1v) is 10.3. The second-order valence-electron chi connectivity index (χ2n) is 9.46. The maximum absolute atomic E-state index is 2.65. The maximum atomic E-state index is 2.65. The molecular formula is C21H36. The van der Waals surface area contributed by atoms with E-state index in [1.54, 1.807) is 57.8 Å². The van der Waals surface area contributed by atoms with Gasteiger partial charge >= 0.3 is 0 Å². The molecule has 0 heteroatoms. The predicted molar refractivity (Wildman–Crippen MR) is 90.2 cm³/mol. The first-order valence-electron chi connectivity index (χ1n) is 10.3. The second-order valence-corrected chi connectivity index (χ2v) is 9.46. The summed E-state index contributed by atoms with van der Waals surface area (Å²) in [4.78, 5) is 0. The normalized spacial score (nSPS) is 45.9. The maximum Gasteiger partial charge on any atom is -0.0323 e. The molecule has 0 aliphatic heterocycles. The Morgan fingerprint density at radius 2 is 1.10 bits per heavy atom. The van der Waals surface area contributed by atoms with Crippen molar-refractivity contribution in [2.24, 2.45) is 35.0 Å². The minimum atomic E-state index is 0.719. The number of fused-ring (bicyclic) bond motifs is 3. The fraction of sp³-hybridized carbons (Fsp3) is 1.00. The highest BCUT2D eigenvalue weighted by Crippen LogP contribution is 2.60. The van der Waals surface area contributed by atoms with Crippen molar-refractivity contribution in [2.45, 2.75) is 96.8 Å². The van der Waals surface area contributed by atoms with Crippen LogP contribution in [0.5, 0.6) is 0 Å². The molecule has 0 heterocycles. The van der Waals surface area contributed by atoms with E-state index in [1.807, 2.05) is 0 Å². The molecule has 0 radical (unpaired) electrons. The van der Waals surface area contributed by atoms with E-state index in [-0.39, 0.29) is 0 Å². The molecule has 0 nitrogen and oxygen atoms in total. The van der Waals surface area contributed by atoms with Gasteiger partial charge in [-0.05, 0) is 80.0 Å². The molecule has 4 aliphatic rings. The van der Waals surface area contributed by atoms with Gasteiger partial charge in [0.05, 0.1) is 0 Å². The van der Waals surface area contributed by atoms with Crippen LogP contribution in [0.3, 0.4) is 0 Å². The molecule has 0 N–H and O–H groups in total. The van der Waals surface area contributed by atoms with Gasteiger partial charge in [0.2, 0.25) is 0 Å².